The van der Waals surface area contributed by atoms with Crippen LogP contribution in [0.15, 0.2) is 6.33 Å². The Labute approximate surface area is 116 Å². The molecule has 1 aromatic rings. The molecule has 0 aromatic carbocycles. The first-order valence-electron chi connectivity index (χ1n) is 6.72. The zero-order chi connectivity index (χ0) is 14.1. The molecule has 108 valence electrons. The summed E-state index contributed by atoms with van der Waals surface area (Å²) in [6.07, 6.45) is 3.63. The molecular weight excluding hydrogens is 262 g/mol. The number of nitrogens with one attached hydrogen (secondary N) is 1. The van der Waals surface area contributed by atoms with E-state index in [1.165, 1.54) is 13.4 Å². The van der Waals surface area contributed by atoms with Gasteiger partial charge in [-0.3, -0.25) is 10.1 Å². The SMILES string of the molecule is COc1ncnc(N2CC3CCCNC3C2)c1[N+](=O)[O-]. The monoisotopic (exact) mass is 279 g/mol. The third-order valence-electron chi connectivity index (χ3n) is 4.04. The van der Waals surface area contributed by atoms with Gasteiger partial charge in [0.2, 0.25) is 5.82 Å². The number of aromatic nitrogens is 2. The van der Waals surface area contributed by atoms with Crippen molar-refractivity contribution in [3.8, 4) is 5.88 Å². The van der Waals surface area contributed by atoms with Gasteiger partial charge in [0.25, 0.3) is 5.88 Å². The van der Waals surface area contributed by atoms with E-state index in [0.717, 1.165) is 32.5 Å². The highest BCUT2D eigenvalue weighted by molar-refractivity contribution is 5.63. The summed E-state index contributed by atoms with van der Waals surface area (Å²) in [5, 5.41) is 14.7. The smallest absolute Gasteiger partial charge is 0.372 e. The number of nitrogens with zero attached hydrogens (tertiary/aromatic N) is 4. The molecule has 0 radical (unpaired) electrons. The van der Waals surface area contributed by atoms with Crippen LogP contribution in [-0.2, 0) is 0 Å². The minimum Gasteiger partial charge on any atom is -0.476 e. The molecule has 0 saturated carbocycles. The summed E-state index contributed by atoms with van der Waals surface area (Å²) in [5.41, 5.74) is -0.145. The Morgan fingerprint density at radius 2 is 2.35 bits per heavy atom. The highest BCUT2D eigenvalue weighted by Crippen LogP contribution is 2.36. The van der Waals surface area contributed by atoms with E-state index in [0.29, 0.717) is 17.8 Å². The molecule has 0 amide bonds. The lowest BCUT2D eigenvalue weighted by atomic mass is 9.94. The maximum absolute atomic E-state index is 11.3. The van der Waals surface area contributed by atoms with Crippen LogP contribution in [0.3, 0.4) is 0 Å². The van der Waals surface area contributed by atoms with Crippen molar-refractivity contribution in [1.82, 2.24) is 15.3 Å². The fourth-order valence-corrected chi connectivity index (χ4v) is 3.11. The lowest BCUT2D eigenvalue weighted by molar-refractivity contribution is -0.385. The average Bonchev–Trinajstić information content (AvgIpc) is 2.90. The Hall–Kier alpha value is -1.96. The van der Waals surface area contributed by atoms with Crippen molar-refractivity contribution in [2.75, 3.05) is 31.6 Å². The largest absolute Gasteiger partial charge is 0.476 e. The molecule has 0 aliphatic carbocycles. The van der Waals surface area contributed by atoms with Crippen LogP contribution in [0.5, 0.6) is 5.88 Å². The Morgan fingerprint density at radius 3 is 3.05 bits per heavy atom. The molecule has 8 heteroatoms. The number of hydrogen-bond donors (Lipinski definition) is 1. The molecule has 2 unspecified atom stereocenters. The Balaban J connectivity index is 1.92. The van der Waals surface area contributed by atoms with Gasteiger partial charge in [0.15, 0.2) is 0 Å². The molecule has 1 N–H and O–H groups in total. The summed E-state index contributed by atoms with van der Waals surface area (Å²) >= 11 is 0. The fourth-order valence-electron chi connectivity index (χ4n) is 3.11. The summed E-state index contributed by atoms with van der Waals surface area (Å²) in [6, 6.07) is 0.393. The van der Waals surface area contributed by atoms with Crippen LogP contribution in [0.1, 0.15) is 12.8 Å². The van der Waals surface area contributed by atoms with Crippen LogP contribution in [-0.4, -0.2) is 47.7 Å². The van der Waals surface area contributed by atoms with E-state index in [2.05, 4.69) is 15.3 Å². The minimum absolute atomic E-state index is 0.0165. The molecule has 3 rings (SSSR count). The molecule has 3 heterocycles. The Morgan fingerprint density at radius 1 is 1.50 bits per heavy atom. The van der Waals surface area contributed by atoms with Gasteiger partial charge in [-0.1, -0.05) is 0 Å². The van der Waals surface area contributed by atoms with Gasteiger partial charge in [-0.05, 0) is 25.3 Å². The first kappa shape index (κ1) is 13.0. The second-order valence-electron chi connectivity index (χ2n) is 5.18. The molecule has 2 fully saturated rings. The molecule has 2 atom stereocenters. The zero-order valence-corrected chi connectivity index (χ0v) is 11.3. The molecule has 2 aliphatic rings. The zero-order valence-electron chi connectivity index (χ0n) is 11.3. The molecule has 0 spiro atoms. The first-order chi connectivity index (χ1) is 9.70. The number of ether oxygens (including phenoxy) is 1. The number of hydrogen-bond acceptors (Lipinski definition) is 7. The third kappa shape index (κ3) is 2.15. The van der Waals surface area contributed by atoms with E-state index >= 15 is 0 Å². The normalized spacial score (nSPS) is 25.4. The van der Waals surface area contributed by atoms with Gasteiger partial charge >= 0.3 is 5.69 Å². The molecular formula is C12H17N5O3. The van der Waals surface area contributed by atoms with Gasteiger partial charge in [-0.15, -0.1) is 0 Å². The van der Waals surface area contributed by atoms with Crippen LogP contribution >= 0.6 is 0 Å². The predicted molar refractivity (Wildman–Crippen MR) is 72.0 cm³/mol. The summed E-state index contributed by atoms with van der Waals surface area (Å²) in [4.78, 5) is 20.7. The maximum Gasteiger partial charge on any atom is 0.372 e. The van der Waals surface area contributed by atoms with Crippen LogP contribution < -0.4 is 15.0 Å². The molecule has 2 aliphatic heterocycles. The minimum atomic E-state index is -0.469. The van der Waals surface area contributed by atoms with Crippen molar-refractivity contribution in [3.05, 3.63) is 16.4 Å². The average molecular weight is 279 g/mol. The second kappa shape index (κ2) is 5.20. The quantitative estimate of drug-likeness (QED) is 0.639. The highest BCUT2D eigenvalue weighted by atomic mass is 16.6. The van der Waals surface area contributed by atoms with Gasteiger partial charge < -0.3 is 15.0 Å². The van der Waals surface area contributed by atoms with E-state index in [9.17, 15) is 10.1 Å². The molecule has 2 saturated heterocycles. The van der Waals surface area contributed by atoms with E-state index in [1.807, 2.05) is 4.90 Å². The molecule has 1 aromatic heterocycles. The van der Waals surface area contributed by atoms with E-state index in [-0.39, 0.29) is 11.6 Å². The van der Waals surface area contributed by atoms with Crippen LogP contribution in [0.2, 0.25) is 0 Å². The molecule has 0 bridgehead atoms. The summed E-state index contributed by atoms with van der Waals surface area (Å²) in [6.45, 7) is 2.55. The third-order valence-corrected chi connectivity index (χ3v) is 4.04. The van der Waals surface area contributed by atoms with Crippen LogP contribution in [0, 0.1) is 16.0 Å². The molecule has 8 nitrogen and oxygen atoms in total. The lowest BCUT2D eigenvalue weighted by Gasteiger charge is -2.24. The Kier molecular flexibility index (Phi) is 3.39. The van der Waals surface area contributed by atoms with E-state index in [4.69, 9.17) is 4.74 Å². The topological polar surface area (TPSA) is 93.4 Å². The van der Waals surface area contributed by atoms with Crippen molar-refractivity contribution in [1.29, 1.82) is 0 Å². The number of fused-ring (bicyclic) bond motifs is 1. The fraction of sp³-hybridized carbons (Fsp3) is 0.667. The van der Waals surface area contributed by atoms with Crippen molar-refractivity contribution in [3.63, 3.8) is 0 Å². The van der Waals surface area contributed by atoms with E-state index < -0.39 is 4.92 Å². The molecule has 20 heavy (non-hydrogen) atoms. The van der Waals surface area contributed by atoms with Crippen molar-refractivity contribution < 1.29 is 9.66 Å². The highest BCUT2D eigenvalue weighted by Gasteiger charge is 2.38. The van der Waals surface area contributed by atoms with Gasteiger partial charge in [0.1, 0.15) is 6.33 Å². The summed E-state index contributed by atoms with van der Waals surface area (Å²) < 4.78 is 4.99. The predicted octanol–water partition coefficient (Wildman–Crippen LogP) is 0.582. The number of rotatable bonds is 3. The Bertz CT molecular complexity index is 510. The van der Waals surface area contributed by atoms with Crippen molar-refractivity contribution in [2.24, 2.45) is 5.92 Å². The number of methoxy groups -OCH3 is 1. The maximum atomic E-state index is 11.3. The number of anilines is 1. The summed E-state index contributed by atoms with van der Waals surface area (Å²) in [5.74, 6) is 0.908. The number of nitro groups is 1. The van der Waals surface area contributed by atoms with Gasteiger partial charge in [-0.2, -0.15) is 4.98 Å². The first-order valence-corrected chi connectivity index (χ1v) is 6.72. The van der Waals surface area contributed by atoms with Gasteiger partial charge in [0.05, 0.1) is 12.0 Å². The van der Waals surface area contributed by atoms with Gasteiger partial charge in [0, 0.05) is 19.1 Å². The lowest BCUT2D eigenvalue weighted by Crippen LogP contribution is -2.40. The number of piperidine rings is 1. The van der Waals surface area contributed by atoms with E-state index in [1.54, 1.807) is 0 Å². The van der Waals surface area contributed by atoms with Gasteiger partial charge in [-0.25, -0.2) is 4.98 Å². The van der Waals surface area contributed by atoms with Crippen molar-refractivity contribution in [2.45, 2.75) is 18.9 Å². The van der Waals surface area contributed by atoms with Crippen LogP contribution in [0.25, 0.3) is 0 Å². The van der Waals surface area contributed by atoms with Crippen LogP contribution in [0.4, 0.5) is 11.5 Å². The van der Waals surface area contributed by atoms with Crippen molar-refractivity contribution >= 4 is 11.5 Å². The standard InChI is InChI=1S/C12H17N5O3/c1-20-12-10(17(18)19)11(14-7-15-12)16-5-8-3-2-4-13-9(8)6-16/h7-9,13H,2-6H2,1H3. The summed E-state index contributed by atoms with van der Waals surface area (Å²) in [7, 11) is 1.38. The second-order valence-corrected chi connectivity index (χ2v) is 5.18.